The van der Waals surface area contributed by atoms with Crippen LogP contribution in [0, 0.1) is 0 Å². The third-order valence-electron chi connectivity index (χ3n) is 2.64. The fraction of sp³-hybridized carbons (Fsp3) is 0.556. The van der Waals surface area contributed by atoms with Crippen LogP contribution in [0.2, 0.25) is 0 Å². The van der Waals surface area contributed by atoms with Crippen molar-refractivity contribution in [1.82, 2.24) is 9.55 Å². The molecule has 0 aliphatic carbocycles. The van der Waals surface area contributed by atoms with Gasteiger partial charge in [0.15, 0.2) is 6.23 Å². The number of phosphoric acid groups is 1. The molecule has 24 heavy (non-hydrogen) atoms. The first-order valence-corrected chi connectivity index (χ1v) is 7.23. The van der Waals surface area contributed by atoms with Crippen LogP contribution in [0.3, 0.4) is 0 Å². The van der Waals surface area contributed by atoms with Gasteiger partial charge in [0.1, 0.15) is 18.3 Å². The Morgan fingerprint density at radius 3 is 2.12 bits per heavy atom. The van der Waals surface area contributed by atoms with E-state index in [1.54, 1.807) is 0 Å². The number of aliphatic hydroxyl groups is 3. The summed E-state index contributed by atoms with van der Waals surface area (Å²) in [5, 5.41) is 28.1. The number of aliphatic hydroxyl groups excluding tert-OH is 3. The summed E-state index contributed by atoms with van der Waals surface area (Å²) < 4.78 is 14.7. The van der Waals surface area contributed by atoms with Gasteiger partial charge in [-0.05, 0) is 0 Å². The minimum atomic E-state index is -5.14. The normalized spacial score (nSPS) is 25.8. The van der Waals surface area contributed by atoms with Crippen LogP contribution in [0.15, 0.2) is 21.9 Å². The van der Waals surface area contributed by atoms with Crippen LogP contribution in [0.25, 0.3) is 0 Å². The predicted molar refractivity (Wildman–Crippen MR) is 64.2 cm³/mol. The second kappa shape index (κ2) is 11.4. The Balaban J connectivity index is 0. The number of nitrogens with one attached hydrogen (secondary N) is 1. The Labute approximate surface area is 178 Å². The summed E-state index contributed by atoms with van der Waals surface area (Å²) in [5.74, 6) is 0. The zero-order chi connectivity index (χ0) is 17.1. The van der Waals surface area contributed by atoms with Crippen molar-refractivity contribution in [3.8, 4) is 0 Å². The van der Waals surface area contributed by atoms with Gasteiger partial charge in [0.25, 0.3) is 5.56 Å². The fourth-order valence-electron chi connectivity index (χ4n) is 1.74. The van der Waals surface area contributed by atoms with Gasteiger partial charge in [0, 0.05) is 12.3 Å². The quantitative estimate of drug-likeness (QED) is 0.239. The fourth-order valence-corrected chi connectivity index (χ4v) is 1.74. The van der Waals surface area contributed by atoms with E-state index in [2.05, 4.69) is 0 Å². The molecular formula is C9H13N2Na2O10P. The van der Waals surface area contributed by atoms with Gasteiger partial charge in [-0.15, -0.1) is 0 Å². The van der Waals surface area contributed by atoms with E-state index in [1.807, 2.05) is 4.98 Å². The van der Waals surface area contributed by atoms with Crippen molar-refractivity contribution in [2.75, 3.05) is 6.61 Å². The second-order valence-electron chi connectivity index (χ2n) is 4.21. The van der Waals surface area contributed by atoms with Crippen LogP contribution in [-0.4, -0.2) is 54.7 Å². The first-order valence-electron chi connectivity index (χ1n) is 5.73. The average Bonchev–Trinajstić information content (AvgIpc) is 2.64. The van der Waals surface area contributed by atoms with Crippen molar-refractivity contribution in [2.24, 2.45) is 0 Å². The monoisotopic (exact) mass is 386 g/mol. The molecule has 12 nitrogen and oxygen atoms in total. The van der Waals surface area contributed by atoms with Crippen molar-refractivity contribution >= 4 is 7.82 Å². The summed E-state index contributed by atoms with van der Waals surface area (Å²) in [6, 6.07) is 1.09. The van der Waals surface area contributed by atoms with Crippen molar-refractivity contribution in [2.45, 2.75) is 24.5 Å². The van der Waals surface area contributed by atoms with Gasteiger partial charge in [0.05, 0.1) is 14.4 Å². The minimum absolute atomic E-state index is 0. The number of aromatic nitrogens is 2. The van der Waals surface area contributed by atoms with Crippen LogP contribution >= 0.6 is 7.82 Å². The van der Waals surface area contributed by atoms with E-state index in [9.17, 15) is 19.8 Å². The molecule has 2 rings (SSSR count). The summed E-state index contributed by atoms with van der Waals surface area (Å²) in [7, 11) is -5.14. The smallest absolute Gasteiger partial charge is 0.790 e. The van der Waals surface area contributed by atoms with E-state index < -0.39 is 50.2 Å². The van der Waals surface area contributed by atoms with Gasteiger partial charge >= 0.3 is 64.8 Å². The molecule has 1 fully saturated rings. The maximum absolute atomic E-state index is 11.4. The molecule has 1 aromatic heterocycles. The minimum Gasteiger partial charge on any atom is -0.790 e. The first kappa shape index (κ1) is 26.9. The molecule has 0 radical (unpaired) electrons. The molecule has 0 amide bonds. The van der Waals surface area contributed by atoms with E-state index in [0.29, 0.717) is 0 Å². The zero-order valence-electron chi connectivity index (χ0n) is 12.8. The zero-order valence-corrected chi connectivity index (χ0v) is 17.7. The number of ether oxygens (including phenoxy) is 1. The van der Waals surface area contributed by atoms with Crippen molar-refractivity contribution in [3.63, 3.8) is 0 Å². The predicted octanol–water partition coefficient (Wildman–Crippen LogP) is -11.0. The molecule has 0 bridgehead atoms. The van der Waals surface area contributed by atoms with Crippen molar-refractivity contribution in [1.29, 1.82) is 0 Å². The molecule has 5 N–H and O–H groups in total. The summed E-state index contributed by atoms with van der Waals surface area (Å²) in [5.41, 5.74) is -1.33. The largest absolute Gasteiger partial charge is 1.00 e. The summed E-state index contributed by atoms with van der Waals surface area (Å²) in [4.78, 5) is 48.6. The molecule has 0 saturated carbocycles. The molecule has 0 aromatic carbocycles. The van der Waals surface area contributed by atoms with Gasteiger partial charge in [-0.3, -0.25) is 14.3 Å². The topological polar surface area (TPSA) is 208 Å². The molecule has 1 aliphatic rings. The van der Waals surface area contributed by atoms with E-state index in [0.717, 1.165) is 16.8 Å². The van der Waals surface area contributed by atoms with E-state index in [-0.39, 0.29) is 59.1 Å². The molecule has 15 heteroatoms. The second-order valence-corrected chi connectivity index (χ2v) is 5.15. The van der Waals surface area contributed by atoms with Crippen LogP contribution < -0.4 is 80.2 Å². The molecule has 1 aliphatic heterocycles. The van der Waals surface area contributed by atoms with Gasteiger partial charge in [-0.1, -0.05) is 0 Å². The van der Waals surface area contributed by atoms with Gasteiger partial charge in [0.2, 0.25) is 0 Å². The number of aromatic amines is 1. The van der Waals surface area contributed by atoms with E-state index in [1.165, 1.54) is 0 Å². The number of nitrogens with zero attached hydrogens (tertiary/aromatic N) is 1. The molecule has 2 heterocycles. The number of rotatable bonds is 2. The molecule has 126 valence electrons. The van der Waals surface area contributed by atoms with Crippen molar-refractivity contribution in [3.05, 3.63) is 33.1 Å². The number of hydrogen-bond donors (Lipinski definition) is 5. The Bertz CT molecular complexity index is 652. The molecular weight excluding hydrogens is 373 g/mol. The van der Waals surface area contributed by atoms with Crippen LogP contribution in [0.1, 0.15) is 6.23 Å². The molecule has 1 saturated heterocycles. The van der Waals surface area contributed by atoms with Gasteiger partial charge < -0.3 is 39.3 Å². The summed E-state index contributed by atoms with van der Waals surface area (Å²) in [6.07, 6.45) is -3.58. The number of hydrogen-bond acceptors (Lipinski definition) is 9. The molecule has 1 aromatic rings. The molecule has 4 atom stereocenters. The van der Waals surface area contributed by atoms with Crippen LogP contribution in [-0.2, 0) is 9.30 Å². The van der Waals surface area contributed by atoms with Gasteiger partial charge in [-0.2, -0.15) is 0 Å². The SMILES string of the molecule is O=P([O-])([O-])O.O=c1ccn([C@@H]2O[C@H](CO)[C@@H](O)[C@H]2O)c(=O)[nH]1.[Na+].[Na+]. The summed E-state index contributed by atoms with van der Waals surface area (Å²) >= 11 is 0. The Hall–Kier alpha value is 0.630. The maximum Gasteiger partial charge on any atom is 1.00 e. The van der Waals surface area contributed by atoms with E-state index >= 15 is 0 Å². The third kappa shape index (κ3) is 8.34. The standard InChI is InChI=1S/C9H12N2O6.2Na.H3O4P/c12-3-4-6(14)7(15)8(17-4)11-2-1-5(13)10-9(11)16;;;1-5(2,3)4/h1-2,4,6-8,12,14-15H,3H2,(H,10,13,16);;;(H3,1,2,3,4)/q;2*+1;/p-2/t4-,6-,7-,8-;;;/m1.../s1. The first-order chi connectivity index (χ1) is 10.0. The van der Waals surface area contributed by atoms with Crippen LogP contribution in [0.5, 0.6) is 0 Å². The summed E-state index contributed by atoms with van der Waals surface area (Å²) in [6.45, 7) is -0.479. The van der Waals surface area contributed by atoms with Crippen LogP contribution in [0.4, 0.5) is 0 Å². The average molecular weight is 386 g/mol. The van der Waals surface area contributed by atoms with E-state index in [4.69, 9.17) is 29.1 Å². The molecule has 0 spiro atoms. The molecule has 0 unspecified atom stereocenters. The Kier molecular flexibility index (Phi) is 12.7. The number of H-pyrrole nitrogens is 1. The Morgan fingerprint density at radius 2 is 1.75 bits per heavy atom. The van der Waals surface area contributed by atoms with Gasteiger partial charge in [-0.25, -0.2) is 4.79 Å². The maximum atomic E-state index is 11.4. The Morgan fingerprint density at radius 1 is 1.25 bits per heavy atom. The third-order valence-corrected chi connectivity index (χ3v) is 2.64. The van der Waals surface area contributed by atoms with Crippen molar-refractivity contribution < 1.29 is 98.4 Å².